The number of fused-ring (bicyclic) bond motifs is 2. The van der Waals surface area contributed by atoms with E-state index in [0.717, 1.165) is 41.0 Å². The van der Waals surface area contributed by atoms with Crippen LogP contribution in [0.4, 0.5) is 11.4 Å². The van der Waals surface area contributed by atoms with Gasteiger partial charge in [-0.25, -0.2) is 0 Å². The van der Waals surface area contributed by atoms with Gasteiger partial charge in [0, 0.05) is 10.7 Å². The van der Waals surface area contributed by atoms with Crippen molar-refractivity contribution >= 4 is 40.6 Å². The van der Waals surface area contributed by atoms with Gasteiger partial charge in [0.2, 0.25) is 11.7 Å². The van der Waals surface area contributed by atoms with Crippen molar-refractivity contribution in [2.45, 2.75) is 18.0 Å². The quantitative estimate of drug-likeness (QED) is 0.244. The predicted octanol–water partition coefficient (Wildman–Crippen LogP) is 6.74. The zero-order valence-corrected chi connectivity index (χ0v) is 20.7. The molecular formula is C28H21ClN4O2S. The van der Waals surface area contributed by atoms with Crippen LogP contribution < -0.4 is 4.90 Å². The average molecular weight is 513 g/mol. The first-order valence-corrected chi connectivity index (χ1v) is 12.9. The van der Waals surface area contributed by atoms with Crippen molar-refractivity contribution < 1.29 is 9.21 Å². The highest BCUT2D eigenvalue weighted by Crippen LogP contribution is 2.37. The summed E-state index contributed by atoms with van der Waals surface area (Å²) in [5.74, 6) is 1.31. The molecule has 1 amide bonds. The van der Waals surface area contributed by atoms with E-state index in [4.69, 9.17) is 16.0 Å². The molecule has 3 heterocycles. The molecule has 0 bridgehead atoms. The second kappa shape index (κ2) is 9.68. The summed E-state index contributed by atoms with van der Waals surface area (Å²) in [6.07, 6.45) is 3.38. The standard InChI is InChI=1S/C28H21ClN4O2S/c29-21-13-15-22(16-14-21)32-27(25-10-5-17-35-25)30-31-28(32)36-18-26(34)33-23-8-3-1-6-19(23)11-12-20-7-2-4-9-24(20)33/h1-10,13-17H,11-12,18H2. The van der Waals surface area contributed by atoms with Crippen LogP contribution in [0.15, 0.2) is 101 Å². The minimum atomic E-state index is -0.0213. The summed E-state index contributed by atoms with van der Waals surface area (Å²) in [5, 5.41) is 10.0. The number of aryl methyl sites for hydroxylation is 2. The fourth-order valence-electron chi connectivity index (χ4n) is 4.49. The maximum Gasteiger partial charge on any atom is 0.242 e. The molecule has 0 aliphatic carbocycles. The van der Waals surface area contributed by atoms with E-state index < -0.39 is 0 Å². The Bertz CT molecular complexity index is 1480. The average Bonchev–Trinajstić information content (AvgIpc) is 3.55. The fourth-order valence-corrected chi connectivity index (χ4v) is 5.42. The number of para-hydroxylation sites is 2. The van der Waals surface area contributed by atoms with Crippen molar-refractivity contribution in [1.29, 1.82) is 0 Å². The third-order valence-electron chi connectivity index (χ3n) is 6.16. The monoisotopic (exact) mass is 512 g/mol. The topological polar surface area (TPSA) is 64.2 Å². The van der Waals surface area contributed by atoms with Crippen molar-refractivity contribution in [1.82, 2.24) is 14.8 Å². The van der Waals surface area contributed by atoms with E-state index in [1.54, 1.807) is 12.3 Å². The Labute approximate surface area is 217 Å². The summed E-state index contributed by atoms with van der Waals surface area (Å²) in [7, 11) is 0. The SMILES string of the molecule is O=C(CSc1nnc(-c2ccco2)n1-c1ccc(Cl)cc1)N1c2ccccc2CCc2ccccc21. The minimum Gasteiger partial charge on any atom is -0.461 e. The summed E-state index contributed by atoms with van der Waals surface area (Å²) >= 11 is 7.47. The molecule has 0 saturated carbocycles. The zero-order chi connectivity index (χ0) is 24.5. The molecule has 0 unspecified atom stereocenters. The number of anilines is 2. The summed E-state index contributed by atoms with van der Waals surface area (Å²) in [5.41, 5.74) is 5.02. The number of hydrogen-bond acceptors (Lipinski definition) is 5. The van der Waals surface area contributed by atoms with Crippen LogP contribution in [-0.4, -0.2) is 26.4 Å². The van der Waals surface area contributed by atoms with Gasteiger partial charge in [-0.15, -0.1) is 10.2 Å². The van der Waals surface area contributed by atoms with Crippen LogP contribution in [0.25, 0.3) is 17.3 Å². The summed E-state index contributed by atoms with van der Waals surface area (Å²) in [4.78, 5) is 15.6. The lowest BCUT2D eigenvalue weighted by Gasteiger charge is -2.25. The summed E-state index contributed by atoms with van der Waals surface area (Å²) in [6, 6.07) is 27.3. The molecular weight excluding hydrogens is 492 g/mol. The smallest absolute Gasteiger partial charge is 0.242 e. The lowest BCUT2D eigenvalue weighted by molar-refractivity contribution is -0.115. The number of aromatic nitrogens is 3. The Morgan fingerprint density at radius 1 is 0.861 bits per heavy atom. The minimum absolute atomic E-state index is 0.0213. The first kappa shape index (κ1) is 22.6. The fraction of sp³-hybridized carbons (Fsp3) is 0.107. The van der Waals surface area contributed by atoms with Crippen LogP contribution in [0.3, 0.4) is 0 Å². The first-order valence-electron chi connectivity index (χ1n) is 11.6. The van der Waals surface area contributed by atoms with Crippen molar-refractivity contribution in [3.8, 4) is 17.3 Å². The van der Waals surface area contributed by atoms with Gasteiger partial charge in [-0.2, -0.15) is 0 Å². The van der Waals surface area contributed by atoms with E-state index in [1.165, 1.54) is 11.8 Å². The van der Waals surface area contributed by atoms with Gasteiger partial charge in [0.25, 0.3) is 0 Å². The number of thioether (sulfide) groups is 1. The number of halogens is 1. The predicted molar refractivity (Wildman–Crippen MR) is 142 cm³/mol. The Balaban J connectivity index is 1.35. The molecule has 1 aliphatic heterocycles. The lowest BCUT2D eigenvalue weighted by Crippen LogP contribution is -2.28. The summed E-state index contributed by atoms with van der Waals surface area (Å²) in [6.45, 7) is 0. The van der Waals surface area contributed by atoms with E-state index >= 15 is 0 Å². The third kappa shape index (κ3) is 4.21. The molecule has 2 aromatic heterocycles. The van der Waals surface area contributed by atoms with Crippen LogP contribution in [-0.2, 0) is 17.6 Å². The molecule has 5 aromatic rings. The van der Waals surface area contributed by atoms with Gasteiger partial charge < -0.3 is 4.42 Å². The van der Waals surface area contributed by atoms with Gasteiger partial charge in [-0.3, -0.25) is 14.3 Å². The van der Waals surface area contributed by atoms with Crippen LogP contribution in [0, 0.1) is 0 Å². The van der Waals surface area contributed by atoms with Crippen LogP contribution in [0.5, 0.6) is 0 Å². The molecule has 0 atom stereocenters. The van der Waals surface area contributed by atoms with Gasteiger partial charge in [0.15, 0.2) is 10.9 Å². The van der Waals surface area contributed by atoms with Crippen molar-refractivity contribution in [3.05, 3.63) is 107 Å². The van der Waals surface area contributed by atoms with Crippen LogP contribution in [0.2, 0.25) is 5.02 Å². The second-order valence-corrected chi connectivity index (χ2v) is 9.75. The first-order chi connectivity index (χ1) is 17.7. The molecule has 0 spiro atoms. The summed E-state index contributed by atoms with van der Waals surface area (Å²) < 4.78 is 7.48. The molecule has 0 saturated heterocycles. The Kier molecular flexibility index (Phi) is 6.09. The van der Waals surface area contributed by atoms with E-state index in [0.29, 0.717) is 21.8 Å². The van der Waals surface area contributed by atoms with Crippen molar-refractivity contribution in [2.75, 3.05) is 10.7 Å². The van der Waals surface area contributed by atoms with Gasteiger partial charge >= 0.3 is 0 Å². The molecule has 6 nitrogen and oxygen atoms in total. The molecule has 3 aromatic carbocycles. The highest BCUT2D eigenvalue weighted by atomic mass is 35.5. The van der Waals surface area contributed by atoms with Gasteiger partial charge in [-0.05, 0) is 72.5 Å². The number of furan rings is 1. The number of carbonyl (C=O) groups is 1. The maximum atomic E-state index is 13.8. The van der Waals surface area contributed by atoms with Gasteiger partial charge in [0.05, 0.1) is 23.4 Å². The number of carbonyl (C=O) groups excluding carboxylic acids is 1. The number of nitrogens with zero attached hydrogens (tertiary/aromatic N) is 4. The number of benzene rings is 3. The molecule has 178 valence electrons. The van der Waals surface area contributed by atoms with E-state index in [-0.39, 0.29) is 11.7 Å². The molecule has 36 heavy (non-hydrogen) atoms. The molecule has 0 N–H and O–H groups in total. The van der Waals surface area contributed by atoms with Crippen molar-refractivity contribution in [3.63, 3.8) is 0 Å². The highest BCUT2D eigenvalue weighted by molar-refractivity contribution is 7.99. The van der Waals surface area contributed by atoms with E-state index in [2.05, 4.69) is 22.3 Å². The molecule has 8 heteroatoms. The van der Waals surface area contributed by atoms with Crippen LogP contribution >= 0.6 is 23.4 Å². The molecule has 0 radical (unpaired) electrons. The van der Waals surface area contributed by atoms with Gasteiger partial charge in [-0.1, -0.05) is 59.8 Å². The molecule has 1 aliphatic rings. The Hall–Kier alpha value is -3.81. The van der Waals surface area contributed by atoms with Crippen molar-refractivity contribution in [2.24, 2.45) is 0 Å². The second-order valence-electron chi connectivity index (χ2n) is 8.37. The largest absolute Gasteiger partial charge is 0.461 e. The van der Waals surface area contributed by atoms with E-state index in [1.807, 2.05) is 76.2 Å². The molecule has 0 fully saturated rings. The number of rotatable bonds is 5. The Morgan fingerprint density at radius 3 is 2.17 bits per heavy atom. The number of hydrogen-bond donors (Lipinski definition) is 0. The lowest BCUT2D eigenvalue weighted by atomic mass is 10.0. The Morgan fingerprint density at radius 2 is 1.53 bits per heavy atom. The number of amides is 1. The normalized spacial score (nSPS) is 12.6. The van der Waals surface area contributed by atoms with Gasteiger partial charge in [0.1, 0.15) is 0 Å². The highest BCUT2D eigenvalue weighted by Gasteiger charge is 2.27. The van der Waals surface area contributed by atoms with E-state index in [9.17, 15) is 4.79 Å². The zero-order valence-electron chi connectivity index (χ0n) is 19.2. The third-order valence-corrected chi connectivity index (χ3v) is 7.33. The van der Waals surface area contributed by atoms with Crippen LogP contribution in [0.1, 0.15) is 11.1 Å². The molecule has 6 rings (SSSR count). The maximum absolute atomic E-state index is 13.8.